The minimum atomic E-state index is -1.63. The van der Waals surface area contributed by atoms with E-state index >= 15 is 0 Å². The molecule has 0 bridgehead atoms. The van der Waals surface area contributed by atoms with Gasteiger partial charge in [-0.1, -0.05) is 0 Å². The summed E-state index contributed by atoms with van der Waals surface area (Å²) in [5.41, 5.74) is 0.0861. The summed E-state index contributed by atoms with van der Waals surface area (Å²) in [5, 5.41) is 37.8. The van der Waals surface area contributed by atoms with Gasteiger partial charge < -0.3 is 21.3 Å². The van der Waals surface area contributed by atoms with Crippen LogP contribution in [0.15, 0.2) is 24.3 Å². The number of rotatable bonds is 10. The van der Waals surface area contributed by atoms with Crippen LogP contribution in [0.2, 0.25) is 0 Å². The molecule has 0 radical (unpaired) electrons. The maximum absolute atomic E-state index is 12.7. The van der Waals surface area contributed by atoms with Gasteiger partial charge in [0.2, 0.25) is 5.91 Å². The van der Waals surface area contributed by atoms with Crippen LogP contribution in [-0.4, -0.2) is 47.0 Å². The summed E-state index contributed by atoms with van der Waals surface area (Å²) in [4.78, 5) is 45.3. The third-order valence-corrected chi connectivity index (χ3v) is 4.79. The first-order chi connectivity index (χ1) is 14.3. The number of non-ortho nitro benzene ring substituents is 1. The van der Waals surface area contributed by atoms with Gasteiger partial charge in [-0.25, -0.2) is 4.79 Å². The molecular formula is C17H19N7O5S. The van der Waals surface area contributed by atoms with Crippen molar-refractivity contribution in [2.45, 2.75) is 17.7 Å². The highest BCUT2D eigenvalue weighted by molar-refractivity contribution is 8.00. The van der Waals surface area contributed by atoms with Gasteiger partial charge in [0, 0.05) is 24.4 Å². The highest BCUT2D eigenvalue weighted by Crippen LogP contribution is 2.21. The lowest BCUT2D eigenvalue weighted by Crippen LogP contribution is -2.62. The summed E-state index contributed by atoms with van der Waals surface area (Å²) in [6.45, 7) is -0.282. The molecule has 1 atom stereocenters. The van der Waals surface area contributed by atoms with E-state index in [2.05, 4.69) is 21.3 Å². The lowest BCUT2D eigenvalue weighted by Gasteiger charge is -2.31. The normalized spacial score (nSPS) is 11.7. The summed E-state index contributed by atoms with van der Waals surface area (Å²) in [6.07, 6.45) is 1.16. The van der Waals surface area contributed by atoms with Crippen molar-refractivity contribution in [1.29, 1.82) is 10.5 Å². The fourth-order valence-corrected chi connectivity index (χ4v) is 2.81. The Bertz CT molecular complexity index is 878. The molecule has 1 unspecified atom stereocenters. The van der Waals surface area contributed by atoms with Gasteiger partial charge in [-0.2, -0.15) is 10.5 Å². The molecule has 0 heterocycles. The molecule has 0 saturated carbocycles. The van der Waals surface area contributed by atoms with Gasteiger partial charge in [0.15, 0.2) is 4.87 Å². The number of nitrogens with zero attached hydrogens (tertiary/aromatic N) is 3. The predicted octanol–water partition coefficient (Wildman–Crippen LogP) is 0.835. The molecule has 1 aromatic rings. The number of carbonyl (C=O) groups is 3. The van der Waals surface area contributed by atoms with Gasteiger partial charge in [0.25, 0.3) is 11.6 Å². The van der Waals surface area contributed by atoms with Gasteiger partial charge in [0.05, 0.1) is 30.0 Å². The molecule has 0 aliphatic rings. The number of urea groups is 1. The number of thioether (sulfide) groups is 1. The minimum Gasteiger partial charge on any atom is -0.352 e. The number of benzene rings is 1. The Morgan fingerprint density at radius 3 is 2.37 bits per heavy atom. The number of hydrogen-bond donors (Lipinski definition) is 4. The van der Waals surface area contributed by atoms with Crippen molar-refractivity contribution in [3.05, 3.63) is 34.4 Å². The zero-order valence-electron chi connectivity index (χ0n) is 15.9. The second-order valence-electron chi connectivity index (χ2n) is 5.69. The maximum atomic E-state index is 12.7. The lowest BCUT2D eigenvalue weighted by atomic mass is 10.2. The molecule has 13 heteroatoms. The van der Waals surface area contributed by atoms with E-state index in [4.69, 9.17) is 10.5 Å². The van der Waals surface area contributed by atoms with Crippen molar-refractivity contribution in [3.8, 4) is 12.1 Å². The number of nitrogens with one attached hydrogen (secondary N) is 4. The first-order valence-electron chi connectivity index (χ1n) is 8.45. The monoisotopic (exact) mass is 433 g/mol. The Hall–Kier alpha value is -3.84. The van der Waals surface area contributed by atoms with Crippen LogP contribution in [0.25, 0.3) is 0 Å². The SMILES string of the molecule is CSC(CNC(=O)CC#N)(NC(=O)Nc1ccc([N+](=O)[O-])cc1)C(=O)NCCC#N. The number of carbonyl (C=O) groups excluding carboxylic acids is 3. The van der Waals surface area contributed by atoms with Crippen LogP contribution in [0.4, 0.5) is 16.2 Å². The maximum Gasteiger partial charge on any atom is 0.320 e. The summed E-state index contributed by atoms with van der Waals surface area (Å²) < 4.78 is 0. The van der Waals surface area contributed by atoms with Crippen LogP contribution in [0.3, 0.4) is 0 Å². The lowest BCUT2D eigenvalue weighted by molar-refractivity contribution is -0.384. The zero-order chi connectivity index (χ0) is 22.6. The number of nitriles is 2. The van der Waals surface area contributed by atoms with E-state index in [0.717, 1.165) is 11.8 Å². The highest BCUT2D eigenvalue weighted by Gasteiger charge is 2.39. The molecule has 0 fully saturated rings. The molecule has 158 valence electrons. The van der Waals surface area contributed by atoms with Crippen molar-refractivity contribution in [2.75, 3.05) is 24.7 Å². The molecule has 0 spiro atoms. The largest absolute Gasteiger partial charge is 0.352 e. The minimum absolute atomic E-state index is 0.0371. The molecule has 4 N–H and O–H groups in total. The van der Waals surface area contributed by atoms with Gasteiger partial charge in [0.1, 0.15) is 6.42 Å². The summed E-state index contributed by atoms with van der Waals surface area (Å²) in [6, 6.07) is 7.79. The van der Waals surface area contributed by atoms with Crippen LogP contribution in [-0.2, 0) is 9.59 Å². The molecule has 1 aromatic carbocycles. The second-order valence-corrected chi connectivity index (χ2v) is 6.80. The number of hydrogen-bond acceptors (Lipinski definition) is 8. The molecule has 0 aromatic heterocycles. The van der Waals surface area contributed by atoms with E-state index in [1.807, 2.05) is 6.07 Å². The van der Waals surface area contributed by atoms with Crippen LogP contribution in [0, 0.1) is 32.8 Å². The average molecular weight is 433 g/mol. The summed E-state index contributed by atoms with van der Waals surface area (Å²) >= 11 is 0.935. The van der Waals surface area contributed by atoms with Crippen molar-refractivity contribution in [3.63, 3.8) is 0 Å². The number of nitro benzene ring substituents is 1. The Balaban J connectivity index is 2.95. The fourth-order valence-electron chi connectivity index (χ4n) is 2.14. The smallest absolute Gasteiger partial charge is 0.320 e. The van der Waals surface area contributed by atoms with E-state index < -0.39 is 34.1 Å². The van der Waals surface area contributed by atoms with Crippen LogP contribution in [0.1, 0.15) is 12.8 Å². The highest BCUT2D eigenvalue weighted by atomic mass is 32.2. The quantitative estimate of drug-likeness (QED) is 0.180. The fraction of sp³-hybridized carbons (Fsp3) is 0.353. The number of anilines is 1. The van der Waals surface area contributed by atoms with Crippen LogP contribution < -0.4 is 21.3 Å². The topological polar surface area (TPSA) is 190 Å². The summed E-state index contributed by atoms with van der Waals surface area (Å²) in [7, 11) is 0. The summed E-state index contributed by atoms with van der Waals surface area (Å²) in [5.74, 6) is -1.28. The standard InChI is InChI=1S/C17H19N7O5S/c1-30-17(11-21-14(25)7-9-19,15(26)20-10-2-8-18)23-16(27)22-12-3-5-13(6-4-12)24(28)29/h3-6H,2,7,10-11H2,1H3,(H,20,26)(H,21,25)(H2,22,23,27). The molecule has 0 aliphatic carbocycles. The third-order valence-electron chi connectivity index (χ3n) is 3.66. The Kier molecular flexibility index (Phi) is 9.58. The Morgan fingerprint density at radius 2 is 1.83 bits per heavy atom. The predicted molar refractivity (Wildman–Crippen MR) is 108 cm³/mol. The van der Waals surface area contributed by atoms with E-state index in [9.17, 15) is 24.5 Å². The van der Waals surface area contributed by atoms with Crippen LogP contribution in [0.5, 0.6) is 0 Å². The van der Waals surface area contributed by atoms with E-state index in [1.165, 1.54) is 30.5 Å². The number of amides is 4. The van der Waals surface area contributed by atoms with Crippen LogP contribution >= 0.6 is 11.8 Å². The van der Waals surface area contributed by atoms with Gasteiger partial charge in [-0.05, 0) is 18.4 Å². The molecule has 4 amide bonds. The van der Waals surface area contributed by atoms with Crippen molar-refractivity contribution < 1.29 is 19.3 Å². The van der Waals surface area contributed by atoms with Gasteiger partial charge in [-0.3, -0.25) is 19.7 Å². The molecule has 1 rings (SSSR count). The van der Waals surface area contributed by atoms with E-state index in [0.29, 0.717) is 0 Å². The van der Waals surface area contributed by atoms with E-state index in [1.54, 1.807) is 6.07 Å². The van der Waals surface area contributed by atoms with Crippen molar-refractivity contribution in [1.82, 2.24) is 16.0 Å². The Morgan fingerprint density at radius 1 is 1.17 bits per heavy atom. The first kappa shape index (κ1) is 24.2. The average Bonchev–Trinajstić information content (AvgIpc) is 2.71. The van der Waals surface area contributed by atoms with Crippen molar-refractivity contribution >= 4 is 41.0 Å². The van der Waals surface area contributed by atoms with E-state index in [-0.39, 0.29) is 30.9 Å². The molecule has 0 saturated heterocycles. The molecular weight excluding hydrogens is 414 g/mol. The third kappa shape index (κ3) is 7.29. The van der Waals surface area contributed by atoms with Gasteiger partial charge in [-0.15, -0.1) is 11.8 Å². The Labute approximate surface area is 176 Å². The molecule has 0 aliphatic heterocycles. The zero-order valence-corrected chi connectivity index (χ0v) is 16.7. The van der Waals surface area contributed by atoms with Crippen molar-refractivity contribution in [2.24, 2.45) is 0 Å². The molecule has 12 nitrogen and oxygen atoms in total. The first-order valence-corrected chi connectivity index (χ1v) is 9.68. The second kappa shape index (κ2) is 11.9. The van der Waals surface area contributed by atoms with Gasteiger partial charge >= 0.3 is 6.03 Å². The molecule has 30 heavy (non-hydrogen) atoms. The number of nitro groups is 1.